The van der Waals surface area contributed by atoms with Crippen LogP contribution in [0.2, 0.25) is 0 Å². The van der Waals surface area contributed by atoms with E-state index in [9.17, 15) is 0 Å². The van der Waals surface area contributed by atoms with Crippen molar-refractivity contribution in [2.75, 3.05) is 26.7 Å². The summed E-state index contributed by atoms with van der Waals surface area (Å²) in [5, 5.41) is 3.22. The first-order valence-corrected chi connectivity index (χ1v) is 3.33. The van der Waals surface area contributed by atoms with Gasteiger partial charge in [0.25, 0.3) is 0 Å². The minimum absolute atomic E-state index is 0.174. The van der Waals surface area contributed by atoms with Gasteiger partial charge in [0.1, 0.15) is 0 Å². The average Bonchev–Trinajstić information content (AvgIpc) is 1.60. The van der Waals surface area contributed by atoms with Crippen LogP contribution < -0.4 is 11.1 Å². The van der Waals surface area contributed by atoms with Crippen LogP contribution in [0.3, 0.4) is 0 Å². The van der Waals surface area contributed by atoms with Crippen molar-refractivity contribution in [2.45, 2.75) is 12.6 Å². The van der Waals surface area contributed by atoms with E-state index < -0.39 is 0 Å². The van der Waals surface area contributed by atoms with Crippen LogP contribution in [0, 0.1) is 0 Å². The van der Waals surface area contributed by atoms with Crippen LogP contribution in [0.25, 0.3) is 0 Å². The first-order chi connectivity index (χ1) is 4.10. The van der Waals surface area contributed by atoms with Crippen LogP contribution >= 0.6 is 0 Å². The quantitative estimate of drug-likeness (QED) is 0.450. The molecule has 1 unspecified atom stereocenters. The third-order valence-electron chi connectivity index (χ3n) is 1.62. The summed E-state index contributed by atoms with van der Waals surface area (Å²) in [5.41, 5.74) is 5.64. The summed E-state index contributed by atoms with van der Waals surface area (Å²) in [7, 11) is 2.09. The molecule has 0 bridgehead atoms. The highest BCUT2D eigenvalue weighted by molar-refractivity contribution is 4.83. The molecule has 1 atom stereocenters. The third kappa shape index (κ3) is 1.93. The molecule has 3 N–H and O–H groups in total. The Morgan fingerprint density at radius 1 is 1.67 bits per heavy atom. The predicted molar refractivity (Wildman–Crippen MR) is 38.1 cm³/mol. The van der Waals surface area contributed by atoms with Crippen molar-refractivity contribution in [2.24, 2.45) is 5.73 Å². The molecule has 0 amide bonds. The van der Waals surface area contributed by atoms with E-state index in [0.29, 0.717) is 0 Å². The first-order valence-electron chi connectivity index (χ1n) is 3.33. The molecule has 54 valence electrons. The van der Waals surface area contributed by atoms with Crippen molar-refractivity contribution in [3.8, 4) is 0 Å². The molecule has 0 radical (unpaired) electrons. The highest BCUT2D eigenvalue weighted by Crippen LogP contribution is 2.00. The molecule has 0 spiro atoms. The lowest BCUT2D eigenvalue weighted by Gasteiger charge is -2.36. The van der Waals surface area contributed by atoms with Gasteiger partial charge in [-0.05, 0) is 14.0 Å². The fourth-order valence-corrected chi connectivity index (χ4v) is 1.23. The third-order valence-corrected chi connectivity index (χ3v) is 1.62. The molecule has 0 aromatic heterocycles. The standard InChI is InChI=1S/C6H15N3/c1-6(7)5-9(2)4-3-8-6/h8H,3-5,7H2,1-2H3. The fourth-order valence-electron chi connectivity index (χ4n) is 1.23. The van der Waals surface area contributed by atoms with Crippen molar-refractivity contribution in [1.82, 2.24) is 10.2 Å². The van der Waals surface area contributed by atoms with Crippen molar-refractivity contribution in [1.29, 1.82) is 0 Å². The summed E-state index contributed by atoms with van der Waals surface area (Å²) in [6.45, 7) is 5.06. The monoisotopic (exact) mass is 129 g/mol. The first kappa shape index (κ1) is 6.99. The lowest BCUT2D eigenvalue weighted by atomic mass is 10.1. The Bertz CT molecular complexity index is 100. The van der Waals surface area contributed by atoms with Gasteiger partial charge in [-0.1, -0.05) is 0 Å². The van der Waals surface area contributed by atoms with E-state index in [0.717, 1.165) is 19.6 Å². The minimum Gasteiger partial charge on any atom is -0.312 e. The second kappa shape index (κ2) is 2.25. The number of likely N-dealkylation sites (N-methyl/N-ethyl adjacent to an activating group) is 1. The molecule has 3 heteroatoms. The molecular formula is C6H15N3. The Morgan fingerprint density at radius 3 is 2.67 bits per heavy atom. The summed E-state index contributed by atoms with van der Waals surface area (Å²) in [5.74, 6) is 0. The Kier molecular flexibility index (Phi) is 1.75. The highest BCUT2D eigenvalue weighted by atomic mass is 15.2. The summed E-state index contributed by atoms with van der Waals surface area (Å²) < 4.78 is 0. The van der Waals surface area contributed by atoms with E-state index in [-0.39, 0.29) is 5.66 Å². The maximum absolute atomic E-state index is 5.82. The van der Waals surface area contributed by atoms with E-state index in [1.165, 1.54) is 0 Å². The van der Waals surface area contributed by atoms with Gasteiger partial charge in [0, 0.05) is 19.6 Å². The van der Waals surface area contributed by atoms with Gasteiger partial charge >= 0.3 is 0 Å². The molecule has 0 aromatic carbocycles. The zero-order valence-electron chi connectivity index (χ0n) is 6.15. The molecule has 9 heavy (non-hydrogen) atoms. The molecular weight excluding hydrogens is 114 g/mol. The van der Waals surface area contributed by atoms with Crippen LogP contribution in [0.15, 0.2) is 0 Å². The molecule has 0 saturated carbocycles. The van der Waals surface area contributed by atoms with Gasteiger partial charge in [0.2, 0.25) is 0 Å². The summed E-state index contributed by atoms with van der Waals surface area (Å²) in [6, 6.07) is 0. The molecule has 0 aliphatic carbocycles. The molecule has 3 nitrogen and oxygen atoms in total. The van der Waals surface area contributed by atoms with Gasteiger partial charge in [-0.2, -0.15) is 0 Å². The van der Waals surface area contributed by atoms with Gasteiger partial charge in [-0.25, -0.2) is 0 Å². The topological polar surface area (TPSA) is 41.3 Å². The van der Waals surface area contributed by atoms with Crippen molar-refractivity contribution in [3.63, 3.8) is 0 Å². The van der Waals surface area contributed by atoms with Gasteiger partial charge in [0.15, 0.2) is 0 Å². The largest absolute Gasteiger partial charge is 0.312 e. The number of nitrogens with zero attached hydrogens (tertiary/aromatic N) is 1. The maximum Gasteiger partial charge on any atom is 0.0764 e. The average molecular weight is 129 g/mol. The molecule has 1 fully saturated rings. The lowest BCUT2D eigenvalue weighted by Crippen LogP contribution is -2.63. The zero-order valence-corrected chi connectivity index (χ0v) is 6.15. The minimum atomic E-state index is -0.174. The van der Waals surface area contributed by atoms with Crippen molar-refractivity contribution in [3.05, 3.63) is 0 Å². The normalized spacial score (nSPS) is 39.0. The Hall–Kier alpha value is -0.120. The highest BCUT2D eigenvalue weighted by Gasteiger charge is 2.23. The number of nitrogens with one attached hydrogen (secondary N) is 1. The van der Waals surface area contributed by atoms with Gasteiger partial charge in [-0.3, -0.25) is 5.32 Å². The SMILES string of the molecule is CN1CCNC(C)(N)C1. The van der Waals surface area contributed by atoms with E-state index in [4.69, 9.17) is 5.73 Å². The summed E-state index contributed by atoms with van der Waals surface area (Å²) in [4.78, 5) is 2.23. The Labute approximate surface area is 56.2 Å². The molecule has 1 saturated heterocycles. The van der Waals surface area contributed by atoms with E-state index in [2.05, 4.69) is 17.3 Å². The maximum atomic E-state index is 5.82. The second-order valence-corrected chi connectivity index (χ2v) is 3.08. The number of piperazine rings is 1. The molecule has 1 aliphatic heterocycles. The molecule has 1 heterocycles. The number of rotatable bonds is 0. The van der Waals surface area contributed by atoms with E-state index >= 15 is 0 Å². The lowest BCUT2D eigenvalue weighted by molar-refractivity contribution is 0.176. The van der Waals surface area contributed by atoms with Crippen LogP contribution in [0.4, 0.5) is 0 Å². The van der Waals surface area contributed by atoms with Crippen LogP contribution in [0.5, 0.6) is 0 Å². The van der Waals surface area contributed by atoms with Crippen LogP contribution in [-0.4, -0.2) is 37.2 Å². The van der Waals surface area contributed by atoms with Crippen molar-refractivity contribution < 1.29 is 0 Å². The smallest absolute Gasteiger partial charge is 0.0764 e. The molecule has 0 aromatic rings. The predicted octanol–water partition coefficient (Wildman–Crippen LogP) is -0.804. The van der Waals surface area contributed by atoms with E-state index in [1.807, 2.05) is 6.92 Å². The molecule has 1 aliphatic rings. The zero-order chi connectivity index (χ0) is 6.91. The number of hydrogen-bond donors (Lipinski definition) is 2. The fraction of sp³-hybridized carbons (Fsp3) is 1.00. The number of hydrogen-bond acceptors (Lipinski definition) is 3. The van der Waals surface area contributed by atoms with Gasteiger partial charge in [0.05, 0.1) is 5.66 Å². The van der Waals surface area contributed by atoms with Crippen molar-refractivity contribution >= 4 is 0 Å². The number of nitrogens with two attached hydrogens (primary N) is 1. The molecule has 1 rings (SSSR count). The second-order valence-electron chi connectivity index (χ2n) is 3.08. The van der Waals surface area contributed by atoms with Crippen LogP contribution in [-0.2, 0) is 0 Å². The van der Waals surface area contributed by atoms with Gasteiger partial charge < -0.3 is 10.6 Å². The van der Waals surface area contributed by atoms with E-state index in [1.54, 1.807) is 0 Å². The van der Waals surface area contributed by atoms with Gasteiger partial charge in [-0.15, -0.1) is 0 Å². The summed E-state index contributed by atoms with van der Waals surface area (Å²) in [6.07, 6.45) is 0. The Balaban J connectivity index is 2.41. The van der Waals surface area contributed by atoms with Crippen LogP contribution in [0.1, 0.15) is 6.92 Å². The Morgan fingerprint density at radius 2 is 2.33 bits per heavy atom. The summed E-state index contributed by atoms with van der Waals surface area (Å²) >= 11 is 0.